The molecule has 0 amide bonds. The van der Waals surface area contributed by atoms with Crippen LogP contribution in [0.3, 0.4) is 0 Å². The highest BCUT2D eigenvalue weighted by Crippen LogP contribution is 2.30. The first-order valence-corrected chi connectivity index (χ1v) is 7.95. The third kappa shape index (κ3) is 4.11. The van der Waals surface area contributed by atoms with Gasteiger partial charge in [0.25, 0.3) is 0 Å². The van der Waals surface area contributed by atoms with Gasteiger partial charge in [-0.05, 0) is 60.5 Å². The van der Waals surface area contributed by atoms with E-state index >= 15 is 0 Å². The summed E-state index contributed by atoms with van der Waals surface area (Å²) in [6.07, 6.45) is 7.17. The molecule has 0 bridgehead atoms. The summed E-state index contributed by atoms with van der Waals surface area (Å²) >= 11 is 1.79. The molecule has 2 rings (SSSR count). The lowest BCUT2D eigenvalue weighted by Gasteiger charge is -2.27. The SMILES string of the molecule is CC1CCCC(CCNC(C)c2ccsc2)C1. The Bertz CT molecular complexity index is 307. The fraction of sp³-hybridized carbons (Fsp3) is 0.733. The number of rotatable bonds is 5. The summed E-state index contributed by atoms with van der Waals surface area (Å²) < 4.78 is 0. The Morgan fingerprint density at radius 2 is 2.35 bits per heavy atom. The van der Waals surface area contributed by atoms with Crippen molar-refractivity contribution in [3.63, 3.8) is 0 Å². The minimum absolute atomic E-state index is 0.516. The monoisotopic (exact) mass is 251 g/mol. The van der Waals surface area contributed by atoms with E-state index in [0.717, 1.165) is 11.8 Å². The van der Waals surface area contributed by atoms with E-state index in [2.05, 4.69) is 36.0 Å². The highest BCUT2D eigenvalue weighted by atomic mass is 32.1. The maximum absolute atomic E-state index is 3.65. The van der Waals surface area contributed by atoms with Crippen LogP contribution in [0.25, 0.3) is 0 Å². The van der Waals surface area contributed by atoms with E-state index in [9.17, 15) is 0 Å². The third-order valence-electron chi connectivity index (χ3n) is 4.09. The number of hydrogen-bond donors (Lipinski definition) is 1. The van der Waals surface area contributed by atoms with Gasteiger partial charge in [-0.15, -0.1) is 0 Å². The predicted molar refractivity (Wildman–Crippen MR) is 76.5 cm³/mol. The largest absolute Gasteiger partial charge is 0.310 e. The molecule has 1 heterocycles. The van der Waals surface area contributed by atoms with Crippen molar-refractivity contribution in [1.29, 1.82) is 0 Å². The van der Waals surface area contributed by atoms with E-state index < -0.39 is 0 Å². The molecule has 0 aromatic carbocycles. The topological polar surface area (TPSA) is 12.0 Å². The van der Waals surface area contributed by atoms with Crippen molar-refractivity contribution in [2.24, 2.45) is 11.8 Å². The van der Waals surface area contributed by atoms with Gasteiger partial charge in [-0.2, -0.15) is 11.3 Å². The second kappa shape index (κ2) is 6.55. The molecule has 0 saturated heterocycles. The van der Waals surface area contributed by atoms with Gasteiger partial charge in [0.15, 0.2) is 0 Å². The van der Waals surface area contributed by atoms with Gasteiger partial charge < -0.3 is 5.32 Å². The van der Waals surface area contributed by atoms with Crippen molar-refractivity contribution in [3.8, 4) is 0 Å². The average molecular weight is 251 g/mol. The third-order valence-corrected chi connectivity index (χ3v) is 4.79. The molecule has 1 saturated carbocycles. The van der Waals surface area contributed by atoms with Crippen LogP contribution in [0.5, 0.6) is 0 Å². The van der Waals surface area contributed by atoms with Crippen LogP contribution in [-0.4, -0.2) is 6.54 Å². The van der Waals surface area contributed by atoms with E-state index in [0.29, 0.717) is 6.04 Å². The lowest BCUT2D eigenvalue weighted by atomic mass is 9.81. The minimum Gasteiger partial charge on any atom is -0.310 e. The quantitative estimate of drug-likeness (QED) is 0.805. The Morgan fingerprint density at radius 1 is 1.47 bits per heavy atom. The summed E-state index contributed by atoms with van der Waals surface area (Å²) in [5.74, 6) is 1.93. The zero-order valence-corrected chi connectivity index (χ0v) is 11.9. The van der Waals surface area contributed by atoms with E-state index in [1.165, 1.54) is 44.2 Å². The molecule has 1 aromatic rings. The highest BCUT2D eigenvalue weighted by molar-refractivity contribution is 7.07. The van der Waals surface area contributed by atoms with Gasteiger partial charge in [-0.1, -0.05) is 26.2 Å². The summed E-state index contributed by atoms with van der Waals surface area (Å²) in [6, 6.07) is 2.74. The molecule has 3 atom stereocenters. The lowest BCUT2D eigenvalue weighted by Crippen LogP contribution is -2.23. The summed E-state index contributed by atoms with van der Waals surface area (Å²) in [7, 11) is 0. The zero-order valence-electron chi connectivity index (χ0n) is 11.1. The van der Waals surface area contributed by atoms with Gasteiger partial charge in [0, 0.05) is 6.04 Å². The van der Waals surface area contributed by atoms with Gasteiger partial charge >= 0.3 is 0 Å². The molecule has 0 aliphatic heterocycles. The maximum Gasteiger partial charge on any atom is 0.0300 e. The normalized spacial score (nSPS) is 26.9. The van der Waals surface area contributed by atoms with Crippen molar-refractivity contribution >= 4 is 11.3 Å². The molecule has 1 nitrogen and oxygen atoms in total. The van der Waals surface area contributed by atoms with Crippen LogP contribution in [0, 0.1) is 11.8 Å². The summed E-state index contributed by atoms with van der Waals surface area (Å²) in [4.78, 5) is 0. The minimum atomic E-state index is 0.516. The Balaban J connectivity index is 1.65. The Hall–Kier alpha value is -0.340. The van der Waals surface area contributed by atoms with Gasteiger partial charge in [-0.3, -0.25) is 0 Å². The lowest BCUT2D eigenvalue weighted by molar-refractivity contribution is 0.265. The van der Waals surface area contributed by atoms with Crippen LogP contribution in [-0.2, 0) is 0 Å². The summed E-state index contributed by atoms with van der Waals surface area (Å²) in [6.45, 7) is 5.85. The molecule has 17 heavy (non-hydrogen) atoms. The first-order valence-electron chi connectivity index (χ1n) is 7.01. The smallest absolute Gasteiger partial charge is 0.0300 e. The van der Waals surface area contributed by atoms with E-state index in [1.54, 1.807) is 11.3 Å². The second-order valence-corrected chi connectivity index (χ2v) is 6.44. The first kappa shape index (κ1) is 13.1. The van der Waals surface area contributed by atoms with Crippen LogP contribution in [0.1, 0.15) is 57.6 Å². The maximum atomic E-state index is 3.65. The van der Waals surface area contributed by atoms with Crippen molar-refractivity contribution < 1.29 is 0 Å². The standard InChI is InChI=1S/C15H25NS/c1-12-4-3-5-14(10-12)6-8-16-13(2)15-7-9-17-11-15/h7,9,11-14,16H,3-6,8,10H2,1-2H3. The molecule has 1 N–H and O–H groups in total. The Morgan fingerprint density at radius 3 is 3.06 bits per heavy atom. The van der Waals surface area contributed by atoms with Crippen LogP contribution < -0.4 is 5.32 Å². The van der Waals surface area contributed by atoms with Crippen LogP contribution >= 0.6 is 11.3 Å². The Labute approximate surface area is 110 Å². The fourth-order valence-corrected chi connectivity index (χ4v) is 3.72. The first-order chi connectivity index (χ1) is 8.25. The molecule has 1 aliphatic carbocycles. The molecule has 1 fully saturated rings. The average Bonchev–Trinajstić information content (AvgIpc) is 2.82. The van der Waals surface area contributed by atoms with Gasteiger partial charge in [0.2, 0.25) is 0 Å². The highest BCUT2D eigenvalue weighted by Gasteiger charge is 2.18. The fourth-order valence-electron chi connectivity index (χ4n) is 2.97. The molecular weight excluding hydrogens is 226 g/mol. The van der Waals surface area contributed by atoms with Gasteiger partial charge in [0.05, 0.1) is 0 Å². The summed E-state index contributed by atoms with van der Waals surface area (Å²) in [5.41, 5.74) is 1.44. The predicted octanol–water partition coefficient (Wildman–Crippen LogP) is 4.62. The van der Waals surface area contributed by atoms with Crippen molar-refractivity contribution in [2.45, 2.75) is 52.0 Å². The summed E-state index contributed by atoms with van der Waals surface area (Å²) in [5, 5.41) is 8.07. The van der Waals surface area contributed by atoms with Crippen molar-refractivity contribution in [2.75, 3.05) is 6.54 Å². The molecule has 0 spiro atoms. The molecule has 1 aromatic heterocycles. The van der Waals surface area contributed by atoms with E-state index in [-0.39, 0.29) is 0 Å². The zero-order chi connectivity index (χ0) is 12.1. The van der Waals surface area contributed by atoms with Crippen LogP contribution in [0.2, 0.25) is 0 Å². The molecule has 2 heteroatoms. The molecule has 0 radical (unpaired) electrons. The van der Waals surface area contributed by atoms with E-state index in [4.69, 9.17) is 0 Å². The van der Waals surface area contributed by atoms with Crippen LogP contribution in [0.15, 0.2) is 16.8 Å². The van der Waals surface area contributed by atoms with Crippen molar-refractivity contribution in [1.82, 2.24) is 5.32 Å². The second-order valence-electron chi connectivity index (χ2n) is 5.66. The number of nitrogens with one attached hydrogen (secondary N) is 1. The molecule has 3 unspecified atom stereocenters. The molecular formula is C15H25NS. The van der Waals surface area contributed by atoms with Crippen molar-refractivity contribution in [3.05, 3.63) is 22.4 Å². The van der Waals surface area contributed by atoms with Gasteiger partial charge in [-0.25, -0.2) is 0 Å². The van der Waals surface area contributed by atoms with E-state index in [1.807, 2.05) is 0 Å². The Kier molecular flexibility index (Phi) is 5.05. The van der Waals surface area contributed by atoms with Gasteiger partial charge in [0.1, 0.15) is 0 Å². The number of hydrogen-bond acceptors (Lipinski definition) is 2. The molecule has 96 valence electrons. The number of thiophene rings is 1. The molecule has 1 aliphatic rings. The van der Waals surface area contributed by atoms with Crippen LogP contribution in [0.4, 0.5) is 0 Å².